The van der Waals surface area contributed by atoms with E-state index in [4.69, 9.17) is 5.26 Å². The molecule has 15 heavy (non-hydrogen) atoms. The number of carbonyl (C=O) groups excluding carboxylic acids is 1. The highest BCUT2D eigenvalue weighted by molar-refractivity contribution is 5.78. The summed E-state index contributed by atoms with van der Waals surface area (Å²) >= 11 is 0. The number of alkyl halides is 2. The van der Waals surface area contributed by atoms with Gasteiger partial charge in [-0.15, -0.1) is 0 Å². The molecule has 1 fully saturated rings. The third kappa shape index (κ3) is 3.15. The van der Waals surface area contributed by atoms with Crippen molar-refractivity contribution in [2.45, 2.75) is 31.6 Å². The molecule has 0 unspecified atom stereocenters. The Morgan fingerprint density at radius 1 is 1.53 bits per heavy atom. The summed E-state index contributed by atoms with van der Waals surface area (Å²) in [4.78, 5) is 12.9. The molecule has 1 aliphatic rings. The first-order chi connectivity index (χ1) is 6.96. The highest BCUT2D eigenvalue weighted by atomic mass is 19.3. The number of carbonyl (C=O) groups is 1. The molecule has 0 spiro atoms. The summed E-state index contributed by atoms with van der Waals surface area (Å²) in [5.74, 6) is -3.13. The van der Waals surface area contributed by atoms with Crippen LogP contribution >= 0.6 is 0 Å². The zero-order valence-corrected chi connectivity index (χ0v) is 8.67. The predicted molar refractivity (Wildman–Crippen MR) is 50.2 cm³/mol. The second-order valence-electron chi connectivity index (χ2n) is 3.98. The minimum absolute atomic E-state index is 0.0196. The van der Waals surface area contributed by atoms with Gasteiger partial charge in [0, 0.05) is 25.8 Å². The second-order valence-corrected chi connectivity index (χ2v) is 3.98. The maximum atomic E-state index is 12.8. The van der Waals surface area contributed by atoms with Crippen molar-refractivity contribution >= 4 is 5.91 Å². The van der Waals surface area contributed by atoms with Gasteiger partial charge in [-0.3, -0.25) is 4.79 Å². The SMILES string of the molecule is CN(CC#N)C(=O)C1CCC(F)(F)CC1. The van der Waals surface area contributed by atoms with Crippen LogP contribution in [0.2, 0.25) is 0 Å². The van der Waals surface area contributed by atoms with Crippen molar-refractivity contribution in [1.29, 1.82) is 5.26 Å². The lowest BCUT2D eigenvalue weighted by molar-refractivity contribution is -0.137. The summed E-state index contributed by atoms with van der Waals surface area (Å²) in [5.41, 5.74) is 0. The van der Waals surface area contributed by atoms with Gasteiger partial charge >= 0.3 is 0 Å². The number of hydrogen-bond donors (Lipinski definition) is 0. The Balaban J connectivity index is 2.47. The fourth-order valence-corrected chi connectivity index (χ4v) is 1.78. The Bertz CT molecular complexity index is 276. The van der Waals surface area contributed by atoms with E-state index < -0.39 is 5.92 Å². The molecule has 0 radical (unpaired) electrons. The zero-order valence-electron chi connectivity index (χ0n) is 8.67. The largest absolute Gasteiger partial charge is 0.332 e. The van der Waals surface area contributed by atoms with Gasteiger partial charge in [0.25, 0.3) is 0 Å². The smallest absolute Gasteiger partial charge is 0.248 e. The van der Waals surface area contributed by atoms with Crippen LogP contribution in [0.3, 0.4) is 0 Å². The summed E-state index contributed by atoms with van der Waals surface area (Å²) in [7, 11) is 1.53. The zero-order chi connectivity index (χ0) is 11.5. The number of nitriles is 1. The molecule has 0 heterocycles. The maximum absolute atomic E-state index is 12.8. The van der Waals surface area contributed by atoms with Gasteiger partial charge < -0.3 is 4.90 Å². The van der Waals surface area contributed by atoms with E-state index in [0.29, 0.717) is 0 Å². The van der Waals surface area contributed by atoms with Gasteiger partial charge in [-0.25, -0.2) is 8.78 Å². The normalized spacial score (nSPS) is 20.7. The molecule has 0 N–H and O–H groups in total. The Morgan fingerprint density at radius 3 is 2.53 bits per heavy atom. The third-order valence-corrected chi connectivity index (χ3v) is 2.75. The summed E-state index contributed by atoms with van der Waals surface area (Å²) in [5, 5.41) is 8.40. The number of nitrogens with zero attached hydrogens (tertiary/aromatic N) is 2. The molecule has 0 atom stereocenters. The van der Waals surface area contributed by atoms with E-state index in [1.54, 1.807) is 0 Å². The molecule has 1 saturated carbocycles. The predicted octanol–water partition coefficient (Wildman–Crippen LogP) is 1.79. The van der Waals surface area contributed by atoms with Gasteiger partial charge in [-0.05, 0) is 12.8 Å². The molecule has 0 saturated heterocycles. The summed E-state index contributed by atoms with van der Waals surface area (Å²) in [6.07, 6.45) is 0.0107. The van der Waals surface area contributed by atoms with E-state index in [2.05, 4.69) is 0 Å². The molecule has 3 nitrogen and oxygen atoms in total. The van der Waals surface area contributed by atoms with Crippen LogP contribution in [0.5, 0.6) is 0 Å². The fourth-order valence-electron chi connectivity index (χ4n) is 1.78. The number of halogens is 2. The summed E-state index contributed by atoms with van der Waals surface area (Å²) in [6, 6.07) is 1.86. The topological polar surface area (TPSA) is 44.1 Å². The van der Waals surface area contributed by atoms with Crippen LogP contribution in [-0.4, -0.2) is 30.3 Å². The maximum Gasteiger partial charge on any atom is 0.248 e. The average molecular weight is 216 g/mol. The molecule has 0 aromatic heterocycles. The Kier molecular flexibility index (Phi) is 3.61. The quantitative estimate of drug-likeness (QED) is 0.660. The van der Waals surface area contributed by atoms with Crippen molar-refractivity contribution in [3.8, 4) is 6.07 Å². The van der Waals surface area contributed by atoms with Crippen molar-refractivity contribution in [2.75, 3.05) is 13.6 Å². The Morgan fingerprint density at radius 2 is 2.07 bits per heavy atom. The standard InChI is InChI=1S/C10H14F2N2O/c1-14(7-6-13)9(15)8-2-4-10(11,12)5-3-8/h8H,2-5,7H2,1H3. The van der Waals surface area contributed by atoms with Crippen LogP contribution in [0, 0.1) is 17.2 Å². The highest BCUT2D eigenvalue weighted by Crippen LogP contribution is 2.36. The second kappa shape index (κ2) is 4.56. The minimum atomic E-state index is -2.61. The lowest BCUT2D eigenvalue weighted by atomic mass is 9.86. The molecule has 0 bridgehead atoms. The van der Waals surface area contributed by atoms with E-state index in [0.717, 1.165) is 0 Å². The first-order valence-electron chi connectivity index (χ1n) is 4.96. The molecule has 0 aromatic carbocycles. The van der Waals surface area contributed by atoms with Gasteiger partial charge in [0.2, 0.25) is 11.8 Å². The van der Waals surface area contributed by atoms with E-state index in [-0.39, 0.29) is 44.1 Å². The minimum Gasteiger partial charge on any atom is -0.332 e. The number of hydrogen-bond acceptors (Lipinski definition) is 2. The molecule has 0 aromatic rings. The van der Waals surface area contributed by atoms with Crippen LogP contribution in [0.15, 0.2) is 0 Å². The molecule has 1 amide bonds. The molecule has 1 rings (SSSR count). The monoisotopic (exact) mass is 216 g/mol. The number of amides is 1. The van der Waals surface area contributed by atoms with Gasteiger partial charge in [0.15, 0.2) is 0 Å². The molecule has 5 heteroatoms. The highest BCUT2D eigenvalue weighted by Gasteiger charge is 2.38. The lowest BCUT2D eigenvalue weighted by Crippen LogP contribution is -2.37. The number of rotatable bonds is 2. The molecule has 1 aliphatic carbocycles. The average Bonchev–Trinajstić information content (AvgIpc) is 2.17. The van der Waals surface area contributed by atoms with Crippen LogP contribution in [0.1, 0.15) is 25.7 Å². The van der Waals surface area contributed by atoms with Crippen molar-refractivity contribution in [3.63, 3.8) is 0 Å². The lowest BCUT2D eigenvalue weighted by Gasteiger charge is -2.29. The molecule has 0 aliphatic heterocycles. The van der Waals surface area contributed by atoms with E-state index in [9.17, 15) is 13.6 Å². The van der Waals surface area contributed by atoms with Crippen molar-refractivity contribution in [3.05, 3.63) is 0 Å². The summed E-state index contributed by atoms with van der Waals surface area (Å²) < 4.78 is 25.6. The molecular weight excluding hydrogens is 202 g/mol. The van der Waals surface area contributed by atoms with Crippen LogP contribution in [-0.2, 0) is 4.79 Å². The van der Waals surface area contributed by atoms with Gasteiger partial charge in [-0.2, -0.15) is 5.26 Å². The Hall–Kier alpha value is -1.18. The first-order valence-corrected chi connectivity index (χ1v) is 4.96. The van der Waals surface area contributed by atoms with Crippen LogP contribution < -0.4 is 0 Å². The fraction of sp³-hybridized carbons (Fsp3) is 0.800. The van der Waals surface area contributed by atoms with Gasteiger partial charge in [0.1, 0.15) is 6.54 Å². The van der Waals surface area contributed by atoms with Crippen molar-refractivity contribution < 1.29 is 13.6 Å². The van der Waals surface area contributed by atoms with Gasteiger partial charge in [-0.1, -0.05) is 0 Å². The van der Waals surface area contributed by atoms with Crippen molar-refractivity contribution in [2.24, 2.45) is 5.92 Å². The van der Waals surface area contributed by atoms with Crippen LogP contribution in [0.25, 0.3) is 0 Å². The molecule has 84 valence electrons. The van der Waals surface area contributed by atoms with Crippen LogP contribution in [0.4, 0.5) is 8.78 Å². The molecular formula is C10H14F2N2O. The first kappa shape index (κ1) is 11.9. The van der Waals surface area contributed by atoms with E-state index in [1.165, 1.54) is 11.9 Å². The summed E-state index contributed by atoms with van der Waals surface area (Å²) in [6.45, 7) is 0.0196. The Labute approximate surface area is 87.7 Å². The van der Waals surface area contributed by atoms with E-state index >= 15 is 0 Å². The third-order valence-electron chi connectivity index (χ3n) is 2.75. The van der Waals surface area contributed by atoms with E-state index in [1.807, 2.05) is 6.07 Å². The van der Waals surface area contributed by atoms with Gasteiger partial charge in [0.05, 0.1) is 6.07 Å². The van der Waals surface area contributed by atoms with Crippen molar-refractivity contribution in [1.82, 2.24) is 4.90 Å².